The van der Waals surface area contributed by atoms with Gasteiger partial charge < -0.3 is 5.43 Å². The summed E-state index contributed by atoms with van der Waals surface area (Å²) < 4.78 is 0. The molecule has 0 unspecified atom stereocenters. The first-order valence-corrected chi connectivity index (χ1v) is 4.97. The van der Waals surface area contributed by atoms with Crippen LogP contribution in [0.2, 0.25) is 0 Å². The fourth-order valence-electron chi connectivity index (χ4n) is 0.785. The average molecular weight is 240 g/mol. The highest BCUT2D eigenvalue weighted by atomic mass is 79.9. The lowest BCUT2D eigenvalue weighted by Crippen LogP contribution is -2.08. The number of rotatable bonds is 2. The van der Waals surface area contributed by atoms with Crippen molar-refractivity contribution in [2.45, 2.75) is 6.42 Å². The van der Waals surface area contributed by atoms with Gasteiger partial charge in [-0.2, -0.15) is 0 Å². The maximum atomic E-state index is 5.21. The molecule has 0 bridgehead atoms. The molecular formula is C9H10BrN3. The Balaban J connectivity index is 2.73. The Labute approximate surface area is 85.8 Å². The molecule has 0 atom stereocenters. The molecule has 4 heteroatoms. The lowest BCUT2D eigenvalue weighted by atomic mass is 10.3. The molecule has 68 valence electrons. The average Bonchev–Trinajstić information content (AvgIpc) is 2.19. The molecule has 1 rings (SSSR count). The first-order chi connectivity index (χ1) is 6.36. The van der Waals surface area contributed by atoms with E-state index >= 15 is 0 Å². The van der Waals surface area contributed by atoms with Crippen LogP contribution in [0.4, 0.5) is 5.82 Å². The van der Waals surface area contributed by atoms with Crippen LogP contribution in [-0.4, -0.2) is 10.3 Å². The molecule has 0 amide bonds. The molecule has 1 aromatic heterocycles. The van der Waals surface area contributed by atoms with E-state index in [1.54, 1.807) is 6.07 Å². The maximum Gasteiger partial charge on any atom is 0.141 e. The van der Waals surface area contributed by atoms with Crippen molar-refractivity contribution in [2.24, 2.45) is 5.84 Å². The number of anilines is 1. The Morgan fingerprint density at radius 2 is 2.38 bits per heavy atom. The summed E-state index contributed by atoms with van der Waals surface area (Å²) in [4.78, 5) is 4.14. The molecule has 1 heterocycles. The summed E-state index contributed by atoms with van der Waals surface area (Å²) in [6.45, 7) is 0. The zero-order chi connectivity index (χ0) is 9.52. The van der Waals surface area contributed by atoms with Crippen molar-refractivity contribution in [3.05, 3.63) is 23.9 Å². The quantitative estimate of drug-likeness (QED) is 0.356. The third-order valence-electron chi connectivity index (χ3n) is 1.33. The summed E-state index contributed by atoms with van der Waals surface area (Å²) in [6, 6.07) is 5.50. The number of hydrazine groups is 1. The predicted molar refractivity (Wildman–Crippen MR) is 57.3 cm³/mol. The van der Waals surface area contributed by atoms with E-state index in [2.05, 4.69) is 38.2 Å². The Morgan fingerprint density at radius 1 is 1.54 bits per heavy atom. The third kappa shape index (κ3) is 3.45. The summed E-state index contributed by atoms with van der Waals surface area (Å²) in [5, 5.41) is 0.884. The summed E-state index contributed by atoms with van der Waals surface area (Å²) >= 11 is 3.30. The highest BCUT2D eigenvalue weighted by Gasteiger charge is 1.90. The van der Waals surface area contributed by atoms with E-state index in [0.717, 1.165) is 17.4 Å². The standard InChI is InChI=1S/C9H10BrN3/c10-7-2-1-4-8-5-3-6-9(12-8)13-11/h3,5-6H,2,7,11H2,(H,12,13). The zero-order valence-corrected chi connectivity index (χ0v) is 8.63. The first kappa shape index (κ1) is 10.0. The molecule has 0 saturated carbocycles. The SMILES string of the molecule is NNc1cccc(C#CCCBr)n1. The fraction of sp³-hybridized carbons (Fsp3) is 0.222. The Kier molecular flexibility index (Phi) is 4.30. The van der Waals surface area contributed by atoms with Crippen LogP contribution in [0.1, 0.15) is 12.1 Å². The van der Waals surface area contributed by atoms with Crippen LogP contribution < -0.4 is 11.3 Å². The number of nitrogens with two attached hydrogens (primary N) is 1. The van der Waals surface area contributed by atoms with Crippen molar-refractivity contribution in [2.75, 3.05) is 10.8 Å². The molecule has 3 N–H and O–H groups in total. The van der Waals surface area contributed by atoms with Crippen LogP contribution in [0, 0.1) is 11.8 Å². The van der Waals surface area contributed by atoms with Crippen LogP contribution >= 0.6 is 15.9 Å². The maximum absolute atomic E-state index is 5.21. The molecular weight excluding hydrogens is 230 g/mol. The van der Waals surface area contributed by atoms with Gasteiger partial charge in [-0.25, -0.2) is 10.8 Å². The summed E-state index contributed by atoms with van der Waals surface area (Å²) in [6.07, 6.45) is 0.821. The van der Waals surface area contributed by atoms with Gasteiger partial charge in [0, 0.05) is 11.8 Å². The van der Waals surface area contributed by atoms with Crippen LogP contribution in [0.25, 0.3) is 0 Å². The second kappa shape index (κ2) is 5.57. The minimum Gasteiger partial charge on any atom is -0.308 e. The van der Waals surface area contributed by atoms with Gasteiger partial charge in [-0.3, -0.25) is 0 Å². The second-order valence-electron chi connectivity index (χ2n) is 2.29. The minimum atomic E-state index is 0.630. The highest BCUT2D eigenvalue weighted by Crippen LogP contribution is 2.01. The first-order valence-electron chi connectivity index (χ1n) is 3.85. The summed E-state index contributed by atoms with van der Waals surface area (Å²) in [5.74, 6) is 11.7. The second-order valence-corrected chi connectivity index (χ2v) is 3.09. The lowest BCUT2D eigenvalue weighted by molar-refractivity contribution is 1.21. The zero-order valence-electron chi connectivity index (χ0n) is 7.05. The van der Waals surface area contributed by atoms with Gasteiger partial charge in [0.2, 0.25) is 0 Å². The van der Waals surface area contributed by atoms with Gasteiger partial charge in [-0.05, 0) is 18.1 Å². The van der Waals surface area contributed by atoms with Crippen molar-refractivity contribution in [1.82, 2.24) is 4.98 Å². The van der Waals surface area contributed by atoms with Gasteiger partial charge in [-0.15, -0.1) is 0 Å². The van der Waals surface area contributed by atoms with E-state index in [0.29, 0.717) is 5.82 Å². The Morgan fingerprint density at radius 3 is 3.08 bits per heavy atom. The van der Waals surface area contributed by atoms with Crippen LogP contribution in [0.15, 0.2) is 18.2 Å². The van der Waals surface area contributed by atoms with Gasteiger partial charge >= 0.3 is 0 Å². The molecule has 1 aromatic rings. The van der Waals surface area contributed by atoms with E-state index in [4.69, 9.17) is 5.84 Å². The van der Waals surface area contributed by atoms with Crippen LogP contribution in [0.5, 0.6) is 0 Å². The van der Waals surface area contributed by atoms with E-state index in [-0.39, 0.29) is 0 Å². The molecule has 0 aromatic carbocycles. The largest absolute Gasteiger partial charge is 0.308 e. The fourth-order valence-corrected chi connectivity index (χ4v) is 0.983. The van der Waals surface area contributed by atoms with Gasteiger partial charge in [0.15, 0.2) is 0 Å². The number of hydrogen-bond donors (Lipinski definition) is 2. The molecule has 0 fully saturated rings. The molecule has 3 nitrogen and oxygen atoms in total. The van der Waals surface area contributed by atoms with Crippen molar-refractivity contribution in [3.63, 3.8) is 0 Å². The number of nitrogens with zero attached hydrogens (tertiary/aromatic N) is 1. The van der Waals surface area contributed by atoms with Crippen molar-refractivity contribution < 1.29 is 0 Å². The molecule has 0 saturated heterocycles. The van der Waals surface area contributed by atoms with Gasteiger partial charge in [0.05, 0.1) is 0 Å². The number of nitrogens with one attached hydrogen (secondary N) is 1. The minimum absolute atomic E-state index is 0.630. The topological polar surface area (TPSA) is 50.9 Å². The summed E-state index contributed by atoms with van der Waals surface area (Å²) in [5.41, 5.74) is 3.20. The number of pyridine rings is 1. The number of aromatic nitrogens is 1. The van der Waals surface area contributed by atoms with E-state index in [9.17, 15) is 0 Å². The predicted octanol–water partition coefficient (Wildman–Crippen LogP) is 1.50. The van der Waals surface area contributed by atoms with Crippen molar-refractivity contribution >= 4 is 21.7 Å². The number of halogens is 1. The third-order valence-corrected chi connectivity index (χ3v) is 1.73. The highest BCUT2D eigenvalue weighted by molar-refractivity contribution is 9.09. The van der Waals surface area contributed by atoms with E-state index < -0.39 is 0 Å². The number of nitrogen functional groups attached to an aromatic ring is 1. The van der Waals surface area contributed by atoms with Crippen molar-refractivity contribution in [3.8, 4) is 11.8 Å². The van der Waals surface area contributed by atoms with E-state index in [1.807, 2.05) is 12.1 Å². The summed E-state index contributed by atoms with van der Waals surface area (Å²) in [7, 11) is 0. The molecule has 13 heavy (non-hydrogen) atoms. The smallest absolute Gasteiger partial charge is 0.141 e. The molecule has 0 spiro atoms. The molecule has 0 aliphatic carbocycles. The van der Waals surface area contributed by atoms with Crippen LogP contribution in [-0.2, 0) is 0 Å². The van der Waals surface area contributed by atoms with Gasteiger partial charge in [0.25, 0.3) is 0 Å². The molecule has 0 radical (unpaired) electrons. The monoisotopic (exact) mass is 239 g/mol. The normalized spacial score (nSPS) is 8.77. The van der Waals surface area contributed by atoms with Gasteiger partial charge in [-0.1, -0.05) is 27.9 Å². The molecule has 0 aliphatic heterocycles. The Hall–Kier alpha value is -1.05. The number of hydrogen-bond acceptors (Lipinski definition) is 3. The lowest BCUT2D eigenvalue weighted by Gasteiger charge is -1.97. The van der Waals surface area contributed by atoms with E-state index in [1.165, 1.54) is 0 Å². The molecule has 0 aliphatic rings. The van der Waals surface area contributed by atoms with Gasteiger partial charge in [0.1, 0.15) is 11.5 Å². The van der Waals surface area contributed by atoms with Crippen molar-refractivity contribution in [1.29, 1.82) is 0 Å². The Bertz CT molecular complexity index is 327. The van der Waals surface area contributed by atoms with Crippen LogP contribution in [0.3, 0.4) is 0 Å². The number of alkyl halides is 1.